The Kier molecular flexibility index (Phi) is 9.49. The van der Waals surface area contributed by atoms with Crippen LogP contribution in [0, 0.1) is 0 Å². The summed E-state index contributed by atoms with van der Waals surface area (Å²) in [5, 5.41) is 2.83. The maximum atomic E-state index is 13.2. The van der Waals surface area contributed by atoms with Crippen molar-refractivity contribution >= 4 is 23.8 Å². The van der Waals surface area contributed by atoms with Gasteiger partial charge in [-0.1, -0.05) is 19.1 Å². The number of hydrogen-bond donors (Lipinski definition) is 2. The van der Waals surface area contributed by atoms with Crippen molar-refractivity contribution in [3.63, 3.8) is 0 Å². The van der Waals surface area contributed by atoms with E-state index in [-0.39, 0.29) is 18.2 Å². The summed E-state index contributed by atoms with van der Waals surface area (Å²) < 4.78 is 12.7. The predicted molar refractivity (Wildman–Crippen MR) is 160 cm³/mol. The van der Waals surface area contributed by atoms with Crippen molar-refractivity contribution in [3.05, 3.63) is 65.2 Å². The van der Waals surface area contributed by atoms with Gasteiger partial charge in [0, 0.05) is 30.9 Å². The highest BCUT2D eigenvalue weighted by Crippen LogP contribution is 2.35. The molecule has 1 atom stereocenters. The van der Waals surface area contributed by atoms with Gasteiger partial charge >= 0.3 is 12.1 Å². The van der Waals surface area contributed by atoms with Crippen LogP contribution < -0.4 is 10.7 Å². The Balaban J connectivity index is 1.70. The molecule has 1 aliphatic rings. The van der Waals surface area contributed by atoms with Gasteiger partial charge in [0.1, 0.15) is 17.1 Å². The van der Waals surface area contributed by atoms with Crippen LogP contribution >= 0.6 is 0 Å². The number of hydrogen-bond acceptors (Lipinski definition) is 8. The Labute approximate surface area is 246 Å². The smallest absolute Gasteiger partial charge is 0.410 e. The van der Waals surface area contributed by atoms with Gasteiger partial charge < -0.3 is 20.2 Å². The molecule has 11 heteroatoms. The first-order valence-corrected chi connectivity index (χ1v) is 14.4. The Morgan fingerprint density at radius 2 is 1.81 bits per heavy atom. The van der Waals surface area contributed by atoms with Gasteiger partial charge in [-0.2, -0.15) is 0 Å². The molecule has 2 N–H and O–H groups in total. The van der Waals surface area contributed by atoms with Crippen molar-refractivity contribution in [2.45, 2.75) is 71.9 Å². The molecule has 11 nitrogen and oxygen atoms in total. The number of ether oxygens (including phenoxy) is 2. The van der Waals surface area contributed by atoms with Gasteiger partial charge in [0.2, 0.25) is 0 Å². The molecule has 2 aromatic heterocycles. The molecule has 2 amide bonds. The second-order valence-corrected chi connectivity index (χ2v) is 11.1. The van der Waals surface area contributed by atoms with E-state index in [0.717, 1.165) is 24.8 Å². The number of amides is 2. The minimum Gasteiger partial charge on any atom is -0.461 e. The van der Waals surface area contributed by atoms with Gasteiger partial charge in [-0.05, 0) is 83.2 Å². The van der Waals surface area contributed by atoms with E-state index >= 15 is 0 Å². The number of carbonyl (C=O) groups excluding carboxylic acids is 3. The second kappa shape index (κ2) is 13.1. The number of aryl methyl sites for hydroxylation is 1. The van der Waals surface area contributed by atoms with Crippen molar-refractivity contribution in [1.29, 1.82) is 0 Å². The number of benzene rings is 1. The summed E-state index contributed by atoms with van der Waals surface area (Å²) in [5.74, 6) is 0.130. The van der Waals surface area contributed by atoms with E-state index in [1.807, 2.05) is 39.8 Å². The molecule has 1 aliphatic heterocycles. The van der Waals surface area contributed by atoms with Crippen molar-refractivity contribution in [2.75, 3.05) is 30.9 Å². The lowest BCUT2D eigenvalue weighted by Gasteiger charge is -2.36. The van der Waals surface area contributed by atoms with Crippen LogP contribution in [-0.2, 0) is 15.9 Å². The summed E-state index contributed by atoms with van der Waals surface area (Å²) in [4.78, 5) is 50.2. The van der Waals surface area contributed by atoms with Crippen LogP contribution in [-0.4, -0.2) is 63.3 Å². The first-order valence-electron chi connectivity index (χ1n) is 14.4. The van der Waals surface area contributed by atoms with E-state index in [4.69, 9.17) is 14.5 Å². The molecule has 0 aliphatic carbocycles. The van der Waals surface area contributed by atoms with Gasteiger partial charge in [-0.3, -0.25) is 9.69 Å². The number of anilines is 1. The number of imidazole rings is 1. The fraction of sp³-hybridized carbons (Fsp3) is 0.452. The zero-order chi connectivity index (χ0) is 30.4. The molecule has 0 spiro atoms. The lowest BCUT2D eigenvalue weighted by Crippen LogP contribution is -2.43. The first-order chi connectivity index (χ1) is 20.1. The lowest BCUT2D eigenvalue weighted by molar-refractivity contribution is 0.00816. The average molecular weight is 577 g/mol. The van der Waals surface area contributed by atoms with E-state index in [2.05, 4.69) is 15.7 Å². The number of rotatable bonds is 8. The Hall–Kier alpha value is -4.41. The van der Waals surface area contributed by atoms with E-state index in [1.54, 1.807) is 54.0 Å². The number of esters is 1. The third kappa shape index (κ3) is 6.89. The van der Waals surface area contributed by atoms with Crippen LogP contribution in [0.2, 0.25) is 0 Å². The molecule has 0 bridgehead atoms. The Morgan fingerprint density at radius 3 is 2.45 bits per heavy atom. The van der Waals surface area contributed by atoms with Crippen LogP contribution in [0.3, 0.4) is 0 Å². The SMILES string of the molecule is CCOC(=O)c1c(-c2ccc(C(=O)Nc3cc(CC)ccn3)cc2)nc(C2CCCCN2C(=O)OC(C)(C)C)n1NC. The third-order valence-corrected chi connectivity index (χ3v) is 6.92. The molecule has 4 rings (SSSR count). The van der Waals surface area contributed by atoms with Crippen LogP contribution in [0.25, 0.3) is 11.3 Å². The number of likely N-dealkylation sites (tertiary alicyclic amines) is 1. The summed E-state index contributed by atoms with van der Waals surface area (Å²) >= 11 is 0. The number of carbonyl (C=O) groups is 3. The van der Waals surface area contributed by atoms with Crippen LogP contribution in [0.4, 0.5) is 10.6 Å². The highest BCUT2D eigenvalue weighted by atomic mass is 16.6. The summed E-state index contributed by atoms with van der Waals surface area (Å²) in [6.07, 6.45) is 4.47. The molecular weight excluding hydrogens is 536 g/mol. The fourth-order valence-electron chi connectivity index (χ4n) is 4.95. The fourth-order valence-corrected chi connectivity index (χ4v) is 4.95. The van der Waals surface area contributed by atoms with Crippen LogP contribution in [0.15, 0.2) is 42.6 Å². The molecule has 0 saturated carbocycles. The molecule has 1 unspecified atom stereocenters. The molecule has 0 radical (unpaired) electrons. The zero-order valence-corrected chi connectivity index (χ0v) is 25.2. The van der Waals surface area contributed by atoms with Crippen LogP contribution in [0.1, 0.15) is 92.2 Å². The van der Waals surface area contributed by atoms with Crippen molar-refractivity contribution in [3.8, 4) is 11.3 Å². The monoisotopic (exact) mass is 576 g/mol. The largest absolute Gasteiger partial charge is 0.461 e. The maximum Gasteiger partial charge on any atom is 0.410 e. The number of nitrogens with one attached hydrogen (secondary N) is 2. The molecule has 3 heterocycles. The first kappa shape index (κ1) is 30.5. The van der Waals surface area contributed by atoms with Crippen LogP contribution in [0.5, 0.6) is 0 Å². The number of nitrogens with zero attached hydrogens (tertiary/aromatic N) is 4. The van der Waals surface area contributed by atoms with E-state index in [9.17, 15) is 14.4 Å². The molecule has 3 aromatic rings. The van der Waals surface area contributed by atoms with Gasteiger partial charge in [-0.15, -0.1) is 0 Å². The molecule has 1 fully saturated rings. The maximum absolute atomic E-state index is 13.2. The molecule has 224 valence electrons. The number of aromatic nitrogens is 3. The van der Waals surface area contributed by atoms with E-state index in [0.29, 0.717) is 41.4 Å². The molecular formula is C31H40N6O5. The predicted octanol–water partition coefficient (Wildman–Crippen LogP) is 5.57. The quantitative estimate of drug-likeness (QED) is 0.333. The number of piperidine rings is 1. The standard InChI is InChI=1S/C31H40N6O5/c1-7-20-16-17-33-24(19-20)34-28(38)22-14-12-21(13-15-22)25-26(29(39)41-8-2)37(32-6)27(35-25)23-11-9-10-18-36(23)30(40)42-31(3,4)5/h12-17,19,23,32H,7-11,18H2,1-6H3,(H,33,34,38). The van der Waals surface area contributed by atoms with Crippen molar-refractivity contribution in [1.82, 2.24) is 19.5 Å². The summed E-state index contributed by atoms with van der Waals surface area (Å²) in [5.41, 5.74) is 5.13. The minimum absolute atomic E-state index is 0.183. The highest BCUT2D eigenvalue weighted by molar-refractivity contribution is 6.04. The second-order valence-electron chi connectivity index (χ2n) is 11.1. The minimum atomic E-state index is -0.651. The van der Waals surface area contributed by atoms with Gasteiger partial charge in [0.25, 0.3) is 5.91 Å². The van der Waals surface area contributed by atoms with E-state index in [1.165, 1.54) is 0 Å². The van der Waals surface area contributed by atoms with Gasteiger partial charge in [-0.25, -0.2) is 24.2 Å². The third-order valence-electron chi connectivity index (χ3n) is 6.92. The van der Waals surface area contributed by atoms with Crippen molar-refractivity contribution in [2.24, 2.45) is 0 Å². The summed E-state index contributed by atoms with van der Waals surface area (Å²) in [6, 6.07) is 10.2. The van der Waals surface area contributed by atoms with Crippen molar-refractivity contribution < 1.29 is 23.9 Å². The lowest BCUT2D eigenvalue weighted by atomic mass is 10.0. The normalized spacial score (nSPS) is 15.2. The summed E-state index contributed by atoms with van der Waals surface area (Å²) in [7, 11) is 1.69. The van der Waals surface area contributed by atoms with Gasteiger partial charge in [0.05, 0.1) is 12.6 Å². The Morgan fingerprint density at radius 1 is 1.07 bits per heavy atom. The molecule has 42 heavy (non-hydrogen) atoms. The average Bonchev–Trinajstić information content (AvgIpc) is 3.36. The Bertz CT molecular complexity index is 1430. The molecule has 1 aromatic carbocycles. The van der Waals surface area contributed by atoms with Gasteiger partial charge in [0.15, 0.2) is 11.5 Å². The number of pyridine rings is 1. The van der Waals surface area contributed by atoms with E-state index < -0.39 is 23.7 Å². The topological polar surface area (TPSA) is 128 Å². The zero-order valence-electron chi connectivity index (χ0n) is 25.2. The highest BCUT2D eigenvalue weighted by Gasteiger charge is 2.37. The summed E-state index contributed by atoms with van der Waals surface area (Å²) in [6.45, 7) is 9.97. The molecule has 1 saturated heterocycles.